The second-order valence-corrected chi connectivity index (χ2v) is 6.61. The smallest absolute Gasteiger partial charge is 0.212 e. The van der Waals surface area contributed by atoms with Crippen molar-refractivity contribution < 1.29 is 21.5 Å². The van der Waals surface area contributed by atoms with E-state index in [-0.39, 0.29) is 17.0 Å². The lowest BCUT2D eigenvalue weighted by atomic mass is 10.0. The molecular formula is C26H22BrN. The number of unbranched alkanes of at least 4 members (excludes halogenated alkanes) is 1. The SMILES string of the molecule is C(#Cc1ccc(-c2ccccc2)cc1)CCC[n+]1cccc2ccccc21.[Br-]. The van der Waals surface area contributed by atoms with E-state index in [1.807, 2.05) is 6.07 Å². The van der Waals surface area contributed by atoms with Crippen molar-refractivity contribution in [3.05, 3.63) is 103 Å². The molecule has 3 aromatic carbocycles. The van der Waals surface area contributed by atoms with Gasteiger partial charge in [-0.3, -0.25) is 0 Å². The summed E-state index contributed by atoms with van der Waals surface area (Å²) >= 11 is 0. The molecule has 2 heteroatoms. The van der Waals surface area contributed by atoms with Crippen molar-refractivity contribution in [2.45, 2.75) is 19.4 Å². The largest absolute Gasteiger partial charge is 1.00 e. The average molecular weight is 428 g/mol. The molecule has 0 aliphatic carbocycles. The maximum Gasteiger partial charge on any atom is 0.212 e. The van der Waals surface area contributed by atoms with Crippen LogP contribution in [0.5, 0.6) is 0 Å². The van der Waals surface area contributed by atoms with E-state index in [0.717, 1.165) is 24.9 Å². The summed E-state index contributed by atoms with van der Waals surface area (Å²) in [5.74, 6) is 6.60. The molecule has 0 spiro atoms. The third-order valence-electron chi connectivity index (χ3n) is 4.71. The summed E-state index contributed by atoms with van der Waals surface area (Å²) in [5, 5.41) is 1.28. The highest BCUT2D eigenvalue weighted by Crippen LogP contribution is 2.18. The lowest BCUT2D eigenvalue weighted by Crippen LogP contribution is -3.00. The fourth-order valence-electron chi connectivity index (χ4n) is 3.29. The standard InChI is InChI=1S/C26H22N.BrH/c1-4-11-23(12-5-1)24-18-16-22(17-19-24)10-3-2-8-20-27-21-9-14-25-13-6-7-15-26(25)27;/h1,4-7,9,11-19,21H,2,8,20H2;1H/q+1;/p-1. The molecule has 1 nitrogen and oxygen atoms in total. The molecule has 0 radical (unpaired) electrons. The number of hydrogen-bond donors (Lipinski definition) is 0. The van der Waals surface area contributed by atoms with Gasteiger partial charge in [-0.05, 0) is 35.4 Å². The number of hydrogen-bond acceptors (Lipinski definition) is 0. The van der Waals surface area contributed by atoms with Gasteiger partial charge < -0.3 is 17.0 Å². The van der Waals surface area contributed by atoms with Gasteiger partial charge >= 0.3 is 0 Å². The number of nitrogens with zero attached hydrogens (tertiary/aromatic N) is 1. The molecular weight excluding hydrogens is 406 g/mol. The van der Waals surface area contributed by atoms with Crippen molar-refractivity contribution in [3.63, 3.8) is 0 Å². The normalized spacial score (nSPS) is 10.0. The Labute approximate surface area is 177 Å². The van der Waals surface area contributed by atoms with Crippen LogP contribution in [-0.4, -0.2) is 0 Å². The van der Waals surface area contributed by atoms with Crippen LogP contribution in [-0.2, 0) is 6.54 Å². The highest BCUT2D eigenvalue weighted by molar-refractivity contribution is 5.74. The van der Waals surface area contributed by atoms with Gasteiger partial charge in [-0.1, -0.05) is 66.4 Å². The Balaban J connectivity index is 0.00000225. The molecule has 0 atom stereocenters. The van der Waals surface area contributed by atoms with Crippen LogP contribution in [0.2, 0.25) is 0 Å². The Morgan fingerprint density at radius 1 is 0.679 bits per heavy atom. The first-order chi connectivity index (χ1) is 13.4. The van der Waals surface area contributed by atoms with Gasteiger partial charge in [0.15, 0.2) is 6.20 Å². The molecule has 0 unspecified atom stereocenters. The van der Waals surface area contributed by atoms with Crippen LogP contribution >= 0.6 is 0 Å². The first kappa shape index (κ1) is 19.9. The summed E-state index contributed by atoms with van der Waals surface area (Å²) in [6, 6.07) is 31.7. The maximum absolute atomic E-state index is 3.32. The van der Waals surface area contributed by atoms with Crippen molar-refractivity contribution in [3.8, 4) is 23.0 Å². The van der Waals surface area contributed by atoms with Crippen LogP contribution in [0.4, 0.5) is 0 Å². The quantitative estimate of drug-likeness (QED) is 0.267. The molecule has 0 saturated carbocycles. The van der Waals surface area contributed by atoms with Crippen molar-refractivity contribution >= 4 is 10.9 Å². The number of pyridine rings is 1. The zero-order chi connectivity index (χ0) is 18.3. The van der Waals surface area contributed by atoms with E-state index < -0.39 is 0 Å². The maximum atomic E-state index is 3.32. The van der Waals surface area contributed by atoms with Crippen LogP contribution in [0.25, 0.3) is 22.0 Å². The van der Waals surface area contributed by atoms with Crippen LogP contribution in [0, 0.1) is 11.8 Å². The Morgan fingerprint density at radius 3 is 2.18 bits per heavy atom. The number of rotatable bonds is 4. The first-order valence-electron chi connectivity index (χ1n) is 9.42. The van der Waals surface area contributed by atoms with Crippen molar-refractivity contribution in [2.75, 3.05) is 0 Å². The van der Waals surface area contributed by atoms with Gasteiger partial charge in [-0.25, -0.2) is 0 Å². The molecule has 1 aromatic heterocycles. The van der Waals surface area contributed by atoms with Gasteiger partial charge in [0.1, 0.15) is 6.54 Å². The number of benzene rings is 3. The molecule has 0 N–H and O–H groups in total. The Morgan fingerprint density at radius 2 is 1.36 bits per heavy atom. The van der Waals surface area contributed by atoms with Crippen molar-refractivity contribution in [1.29, 1.82) is 0 Å². The van der Waals surface area contributed by atoms with Crippen LogP contribution in [0.15, 0.2) is 97.2 Å². The monoisotopic (exact) mass is 427 g/mol. The summed E-state index contributed by atoms with van der Waals surface area (Å²) in [6.45, 7) is 0.989. The minimum Gasteiger partial charge on any atom is -1.00 e. The highest BCUT2D eigenvalue weighted by Gasteiger charge is 2.05. The molecule has 0 saturated heterocycles. The number of halogens is 1. The Bertz CT molecular complexity index is 1080. The lowest BCUT2D eigenvalue weighted by Gasteiger charge is -2.01. The molecule has 138 valence electrons. The average Bonchev–Trinajstić information content (AvgIpc) is 2.75. The third-order valence-corrected chi connectivity index (χ3v) is 4.71. The van der Waals surface area contributed by atoms with Gasteiger partial charge in [0, 0.05) is 35.9 Å². The summed E-state index contributed by atoms with van der Waals surface area (Å²) in [7, 11) is 0. The predicted molar refractivity (Wildman–Crippen MR) is 112 cm³/mol. The zero-order valence-corrected chi connectivity index (χ0v) is 17.3. The number of fused-ring (bicyclic) bond motifs is 1. The van der Waals surface area contributed by atoms with Gasteiger partial charge in [0.05, 0.1) is 0 Å². The van der Waals surface area contributed by atoms with E-state index in [1.54, 1.807) is 0 Å². The van der Waals surface area contributed by atoms with E-state index in [9.17, 15) is 0 Å². The summed E-state index contributed by atoms with van der Waals surface area (Å²) in [5.41, 5.74) is 4.83. The van der Waals surface area contributed by atoms with E-state index >= 15 is 0 Å². The fourth-order valence-corrected chi connectivity index (χ4v) is 3.29. The molecule has 0 fully saturated rings. The number of aromatic nitrogens is 1. The summed E-state index contributed by atoms with van der Waals surface area (Å²) < 4.78 is 2.31. The van der Waals surface area contributed by atoms with E-state index in [0.29, 0.717) is 0 Å². The third kappa shape index (κ3) is 4.88. The molecule has 28 heavy (non-hydrogen) atoms. The van der Waals surface area contributed by atoms with Crippen LogP contribution in [0.3, 0.4) is 0 Å². The van der Waals surface area contributed by atoms with Crippen molar-refractivity contribution in [1.82, 2.24) is 0 Å². The van der Waals surface area contributed by atoms with Gasteiger partial charge in [0.2, 0.25) is 5.52 Å². The Kier molecular flexibility index (Phi) is 7.00. The van der Waals surface area contributed by atoms with Gasteiger partial charge in [-0.15, -0.1) is 0 Å². The van der Waals surface area contributed by atoms with E-state index in [2.05, 4.69) is 108 Å². The lowest BCUT2D eigenvalue weighted by molar-refractivity contribution is -0.671. The molecule has 4 aromatic rings. The molecule has 0 bridgehead atoms. The first-order valence-corrected chi connectivity index (χ1v) is 9.42. The molecule has 0 aliphatic heterocycles. The van der Waals surface area contributed by atoms with Gasteiger partial charge in [0.25, 0.3) is 0 Å². The second kappa shape index (κ2) is 9.88. The fraction of sp³-hybridized carbons (Fsp3) is 0.115. The zero-order valence-electron chi connectivity index (χ0n) is 15.7. The van der Waals surface area contributed by atoms with Crippen LogP contribution < -0.4 is 21.5 Å². The highest BCUT2D eigenvalue weighted by atomic mass is 79.9. The number of para-hydroxylation sites is 1. The minimum absolute atomic E-state index is 0. The summed E-state index contributed by atoms with van der Waals surface area (Å²) in [6.07, 6.45) is 4.10. The second-order valence-electron chi connectivity index (χ2n) is 6.61. The number of aryl methyl sites for hydroxylation is 1. The predicted octanol–water partition coefficient (Wildman–Crippen LogP) is 2.63. The van der Waals surface area contributed by atoms with E-state index in [4.69, 9.17) is 0 Å². The van der Waals surface area contributed by atoms with Crippen LogP contribution in [0.1, 0.15) is 18.4 Å². The molecule has 4 rings (SSSR count). The molecule has 1 heterocycles. The van der Waals surface area contributed by atoms with Crippen molar-refractivity contribution in [2.24, 2.45) is 0 Å². The van der Waals surface area contributed by atoms with E-state index in [1.165, 1.54) is 22.0 Å². The van der Waals surface area contributed by atoms with Gasteiger partial charge in [-0.2, -0.15) is 4.57 Å². The molecule has 0 aliphatic rings. The topological polar surface area (TPSA) is 3.88 Å². The minimum atomic E-state index is 0. The Hall–Kier alpha value is -2.89. The molecule has 0 amide bonds. The summed E-state index contributed by atoms with van der Waals surface area (Å²) in [4.78, 5) is 0.